The van der Waals surface area contributed by atoms with E-state index in [0.717, 1.165) is 23.4 Å². The number of nitrogens with one attached hydrogen (secondary N) is 1. The molecule has 31 heavy (non-hydrogen) atoms. The SMILES string of the molecule is CCC(C(=O)Nc1ccc(OC)cc1)=C1CCC(c2ncc(C(F)(F)F)cc2N)CC1. The van der Waals surface area contributed by atoms with Crippen molar-refractivity contribution in [3.8, 4) is 5.75 Å². The number of halogens is 3. The average Bonchev–Trinajstić information content (AvgIpc) is 2.75. The highest BCUT2D eigenvalue weighted by atomic mass is 19.4. The van der Waals surface area contributed by atoms with Gasteiger partial charge >= 0.3 is 6.18 Å². The number of hydrogen-bond donors (Lipinski definition) is 2. The van der Waals surface area contributed by atoms with Crippen molar-refractivity contribution < 1.29 is 22.7 Å². The van der Waals surface area contributed by atoms with Gasteiger partial charge in [-0.05, 0) is 62.4 Å². The molecule has 0 unspecified atom stereocenters. The van der Waals surface area contributed by atoms with Gasteiger partial charge in [0.25, 0.3) is 5.91 Å². The molecule has 3 rings (SSSR count). The summed E-state index contributed by atoms with van der Waals surface area (Å²) in [7, 11) is 1.58. The lowest BCUT2D eigenvalue weighted by Gasteiger charge is -2.26. The highest BCUT2D eigenvalue weighted by Gasteiger charge is 2.32. The minimum absolute atomic E-state index is 0.0196. The summed E-state index contributed by atoms with van der Waals surface area (Å²) in [5.41, 5.74) is 8.13. The molecular weight excluding hydrogens is 407 g/mol. The van der Waals surface area contributed by atoms with E-state index >= 15 is 0 Å². The number of nitrogens with two attached hydrogens (primary N) is 1. The first kappa shape index (κ1) is 22.7. The topological polar surface area (TPSA) is 77.2 Å². The van der Waals surface area contributed by atoms with Crippen LogP contribution in [0.15, 0.2) is 47.7 Å². The third-order valence-corrected chi connectivity index (χ3v) is 5.65. The zero-order valence-corrected chi connectivity index (χ0v) is 17.6. The summed E-state index contributed by atoms with van der Waals surface area (Å²) in [6.45, 7) is 1.94. The van der Waals surface area contributed by atoms with Crippen LogP contribution in [0.5, 0.6) is 5.75 Å². The number of alkyl halides is 3. The first-order chi connectivity index (χ1) is 14.7. The molecular formula is C23H26F3N3O2. The fourth-order valence-corrected chi connectivity index (χ4v) is 3.98. The molecule has 1 aromatic heterocycles. The van der Waals surface area contributed by atoms with Crippen LogP contribution in [0.25, 0.3) is 0 Å². The molecule has 0 radical (unpaired) electrons. The molecule has 1 saturated carbocycles. The summed E-state index contributed by atoms with van der Waals surface area (Å²) in [5, 5.41) is 2.92. The van der Waals surface area contributed by atoms with Gasteiger partial charge < -0.3 is 15.8 Å². The Labute approximate surface area is 179 Å². The van der Waals surface area contributed by atoms with Gasteiger partial charge in [-0.3, -0.25) is 9.78 Å². The van der Waals surface area contributed by atoms with Crippen LogP contribution in [0.1, 0.15) is 56.2 Å². The molecule has 0 atom stereocenters. The number of allylic oxidation sites excluding steroid dienone is 1. The van der Waals surface area contributed by atoms with Crippen molar-refractivity contribution in [2.24, 2.45) is 0 Å². The molecule has 166 valence electrons. The number of nitrogens with zero attached hydrogens (tertiary/aromatic N) is 1. The second-order valence-corrected chi connectivity index (χ2v) is 7.59. The monoisotopic (exact) mass is 433 g/mol. The van der Waals surface area contributed by atoms with Crippen LogP contribution in [0, 0.1) is 0 Å². The maximum absolute atomic E-state index is 12.8. The quantitative estimate of drug-likeness (QED) is 0.594. The number of carbonyl (C=O) groups excluding carboxylic acids is 1. The average molecular weight is 433 g/mol. The van der Waals surface area contributed by atoms with Crippen molar-refractivity contribution in [1.82, 2.24) is 4.98 Å². The lowest BCUT2D eigenvalue weighted by Crippen LogP contribution is -2.19. The second kappa shape index (κ2) is 9.41. The molecule has 0 aliphatic heterocycles. The van der Waals surface area contributed by atoms with Crippen molar-refractivity contribution >= 4 is 17.3 Å². The third-order valence-electron chi connectivity index (χ3n) is 5.65. The van der Waals surface area contributed by atoms with Crippen LogP contribution in [-0.4, -0.2) is 18.0 Å². The molecule has 1 aromatic carbocycles. The number of aromatic nitrogens is 1. The predicted octanol–water partition coefficient (Wildman–Crippen LogP) is 5.69. The Morgan fingerprint density at radius 3 is 2.39 bits per heavy atom. The van der Waals surface area contributed by atoms with Gasteiger partial charge in [0, 0.05) is 23.4 Å². The zero-order chi connectivity index (χ0) is 22.6. The van der Waals surface area contributed by atoms with E-state index in [-0.39, 0.29) is 17.5 Å². The number of rotatable bonds is 5. The summed E-state index contributed by atoms with van der Waals surface area (Å²) in [6.07, 6.45) is -0.263. The normalized spacial score (nSPS) is 16.7. The number of benzene rings is 1. The molecule has 8 heteroatoms. The van der Waals surface area contributed by atoms with E-state index in [1.54, 1.807) is 31.4 Å². The van der Waals surface area contributed by atoms with Crippen LogP contribution in [0.2, 0.25) is 0 Å². The molecule has 1 amide bonds. The lowest BCUT2D eigenvalue weighted by atomic mass is 9.81. The van der Waals surface area contributed by atoms with Crippen molar-refractivity contribution in [2.45, 2.75) is 51.1 Å². The van der Waals surface area contributed by atoms with Gasteiger partial charge in [0.05, 0.1) is 24.1 Å². The predicted molar refractivity (Wildman–Crippen MR) is 114 cm³/mol. The third kappa shape index (κ3) is 5.37. The number of anilines is 2. The number of ether oxygens (including phenoxy) is 1. The molecule has 3 N–H and O–H groups in total. The summed E-state index contributed by atoms with van der Waals surface area (Å²) >= 11 is 0. The van der Waals surface area contributed by atoms with Crippen LogP contribution in [0.4, 0.5) is 24.5 Å². The van der Waals surface area contributed by atoms with Gasteiger partial charge in [-0.1, -0.05) is 12.5 Å². The van der Waals surface area contributed by atoms with Crippen molar-refractivity contribution in [2.75, 3.05) is 18.2 Å². The van der Waals surface area contributed by atoms with Crippen LogP contribution >= 0.6 is 0 Å². The van der Waals surface area contributed by atoms with E-state index in [9.17, 15) is 18.0 Å². The maximum atomic E-state index is 12.8. The van der Waals surface area contributed by atoms with Crippen LogP contribution in [0.3, 0.4) is 0 Å². The summed E-state index contributed by atoms with van der Waals surface area (Å²) < 4.78 is 43.7. The molecule has 1 heterocycles. The highest BCUT2D eigenvalue weighted by molar-refractivity contribution is 6.04. The Morgan fingerprint density at radius 2 is 1.87 bits per heavy atom. The number of pyridine rings is 1. The van der Waals surface area contributed by atoms with E-state index < -0.39 is 11.7 Å². The number of methoxy groups -OCH3 is 1. The van der Waals surface area contributed by atoms with Gasteiger partial charge in [-0.25, -0.2) is 0 Å². The smallest absolute Gasteiger partial charge is 0.417 e. The Morgan fingerprint density at radius 1 is 1.23 bits per heavy atom. The zero-order valence-electron chi connectivity index (χ0n) is 17.6. The molecule has 0 saturated heterocycles. The Balaban J connectivity index is 1.69. The molecule has 0 bridgehead atoms. The van der Waals surface area contributed by atoms with E-state index in [4.69, 9.17) is 10.5 Å². The molecule has 1 aliphatic rings. The minimum Gasteiger partial charge on any atom is -0.497 e. The standard InChI is InChI=1S/C23H26F3N3O2/c1-3-19(22(30)29-17-8-10-18(31-2)11-9-17)14-4-6-15(7-5-14)21-20(27)12-16(13-28-21)23(24,25)26/h8-13,15H,3-7,27H2,1-2H3,(H,29,30). The molecule has 1 fully saturated rings. The van der Waals surface area contributed by atoms with E-state index in [0.29, 0.717) is 49.2 Å². The fourth-order valence-electron chi connectivity index (χ4n) is 3.98. The number of carbonyl (C=O) groups is 1. The van der Waals surface area contributed by atoms with Crippen LogP contribution < -0.4 is 15.8 Å². The lowest BCUT2D eigenvalue weighted by molar-refractivity contribution is -0.137. The van der Waals surface area contributed by atoms with Gasteiger partial charge in [-0.15, -0.1) is 0 Å². The van der Waals surface area contributed by atoms with Gasteiger partial charge in [0.1, 0.15) is 5.75 Å². The second-order valence-electron chi connectivity index (χ2n) is 7.59. The van der Waals surface area contributed by atoms with E-state index in [1.165, 1.54) is 0 Å². The molecule has 0 spiro atoms. The first-order valence-corrected chi connectivity index (χ1v) is 10.2. The molecule has 5 nitrogen and oxygen atoms in total. The molecule has 1 aliphatic carbocycles. The van der Waals surface area contributed by atoms with Crippen molar-refractivity contribution in [3.63, 3.8) is 0 Å². The van der Waals surface area contributed by atoms with Gasteiger partial charge in [0.2, 0.25) is 0 Å². The molecule has 2 aromatic rings. The Kier molecular flexibility index (Phi) is 6.87. The Bertz CT molecular complexity index is 959. The van der Waals surface area contributed by atoms with Gasteiger partial charge in [-0.2, -0.15) is 13.2 Å². The highest BCUT2D eigenvalue weighted by Crippen LogP contribution is 2.40. The van der Waals surface area contributed by atoms with Crippen molar-refractivity contribution in [3.05, 3.63) is 58.9 Å². The van der Waals surface area contributed by atoms with E-state index in [1.807, 2.05) is 6.92 Å². The summed E-state index contributed by atoms with van der Waals surface area (Å²) in [4.78, 5) is 16.8. The Hall–Kier alpha value is -3.03. The largest absolute Gasteiger partial charge is 0.497 e. The maximum Gasteiger partial charge on any atom is 0.417 e. The minimum atomic E-state index is -4.46. The number of hydrogen-bond acceptors (Lipinski definition) is 4. The summed E-state index contributed by atoms with van der Waals surface area (Å²) in [6, 6.07) is 8.07. The first-order valence-electron chi connectivity index (χ1n) is 10.2. The van der Waals surface area contributed by atoms with Crippen molar-refractivity contribution in [1.29, 1.82) is 0 Å². The summed E-state index contributed by atoms with van der Waals surface area (Å²) in [5.74, 6) is 0.559. The van der Waals surface area contributed by atoms with Crippen LogP contribution in [-0.2, 0) is 11.0 Å². The fraction of sp³-hybridized carbons (Fsp3) is 0.391. The number of nitrogen functional groups attached to an aromatic ring is 1. The number of amides is 1. The van der Waals surface area contributed by atoms with E-state index in [2.05, 4.69) is 10.3 Å². The van der Waals surface area contributed by atoms with Gasteiger partial charge in [0.15, 0.2) is 0 Å².